The summed E-state index contributed by atoms with van der Waals surface area (Å²) < 4.78 is 45.3. The summed E-state index contributed by atoms with van der Waals surface area (Å²) >= 11 is 1.24. The van der Waals surface area contributed by atoms with E-state index in [2.05, 4.69) is 15.4 Å². The van der Waals surface area contributed by atoms with Gasteiger partial charge in [0.25, 0.3) is 0 Å². The molecule has 0 fully saturated rings. The van der Waals surface area contributed by atoms with E-state index in [0.717, 1.165) is 12.1 Å². The Bertz CT molecular complexity index is 1000. The van der Waals surface area contributed by atoms with Crippen LogP contribution in [-0.2, 0) is 16.1 Å². The number of rotatable bonds is 6. The normalized spacial score (nSPS) is 12.3. The van der Waals surface area contributed by atoms with Crippen LogP contribution < -0.4 is 15.4 Å². The second-order valence-electron chi connectivity index (χ2n) is 5.93. The number of hydrogen-bond donors (Lipinski definition) is 3. The van der Waals surface area contributed by atoms with Gasteiger partial charge in [-0.3, -0.25) is 9.59 Å². The van der Waals surface area contributed by atoms with Gasteiger partial charge in [0, 0.05) is 15.4 Å². The molecule has 1 aromatic carbocycles. The van der Waals surface area contributed by atoms with Gasteiger partial charge in [-0.05, 0) is 48.5 Å². The Morgan fingerprint density at radius 2 is 1.83 bits per heavy atom. The maximum absolute atomic E-state index is 12.1. The molecule has 7 nitrogen and oxygen atoms in total. The van der Waals surface area contributed by atoms with Crippen molar-refractivity contribution in [3.8, 4) is 5.75 Å². The molecule has 30 heavy (non-hydrogen) atoms. The van der Waals surface area contributed by atoms with Gasteiger partial charge in [-0.2, -0.15) is 0 Å². The summed E-state index contributed by atoms with van der Waals surface area (Å²) in [6.07, 6.45) is -4.30. The van der Waals surface area contributed by atoms with Gasteiger partial charge in [0.05, 0.1) is 12.8 Å². The quantitative estimate of drug-likeness (QED) is 0.509. The molecule has 0 radical (unpaired) electrons. The van der Waals surface area contributed by atoms with Crippen LogP contribution in [0.3, 0.4) is 0 Å². The van der Waals surface area contributed by atoms with Crippen LogP contribution in [0.15, 0.2) is 59.2 Å². The summed E-state index contributed by atoms with van der Waals surface area (Å²) in [5, 5.41) is 14.9. The van der Waals surface area contributed by atoms with Crippen molar-refractivity contribution >= 4 is 28.8 Å². The van der Waals surface area contributed by atoms with Gasteiger partial charge >= 0.3 is 18.2 Å². The standard InChI is InChI=1S/C19H15F3N2O5S/c20-19(21,22)29-12-5-3-11(4-6-12)24-18(27)17(26)23-10-13-7-8-15(30-13)16(25)14-2-1-9-28-14/h1-9,16,25H,10H2,(H,23,26)(H,24,27)/t16-/m1/s1. The molecule has 3 rings (SSSR count). The molecule has 0 saturated heterocycles. The molecule has 0 aliphatic heterocycles. The highest BCUT2D eigenvalue weighted by molar-refractivity contribution is 7.12. The fourth-order valence-corrected chi connectivity index (χ4v) is 3.35. The van der Waals surface area contributed by atoms with E-state index in [-0.39, 0.29) is 12.2 Å². The molecule has 3 aromatic rings. The van der Waals surface area contributed by atoms with Crippen LogP contribution in [0.2, 0.25) is 0 Å². The van der Waals surface area contributed by atoms with Crippen LogP contribution in [0, 0.1) is 0 Å². The average Bonchev–Trinajstić information content (AvgIpc) is 3.38. The number of halogens is 3. The molecule has 0 saturated carbocycles. The first kappa shape index (κ1) is 21.4. The van der Waals surface area contributed by atoms with Gasteiger partial charge < -0.3 is 24.9 Å². The first-order chi connectivity index (χ1) is 14.2. The summed E-state index contributed by atoms with van der Waals surface area (Å²) in [5.74, 6) is -1.97. The zero-order valence-electron chi connectivity index (χ0n) is 15.1. The number of aliphatic hydroxyl groups excluding tert-OH is 1. The molecule has 0 spiro atoms. The topological polar surface area (TPSA) is 101 Å². The fourth-order valence-electron chi connectivity index (χ4n) is 2.40. The van der Waals surface area contributed by atoms with E-state index < -0.39 is 30.0 Å². The van der Waals surface area contributed by atoms with Crippen molar-refractivity contribution in [2.24, 2.45) is 0 Å². The predicted molar refractivity (Wildman–Crippen MR) is 101 cm³/mol. The van der Waals surface area contributed by atoms with E-state index in [1.54, 1.807) is 24.3 Å². The lowest BCUT2D eigenvalue weighted by Crippen LogP contribution is -2.34. The Balaban J connectivity index is 1.50. The van der Waals surface area contributed by atoms with E-state index in [9.17, 15) is 27.9 Å². The van der Waals surface area contributed by atoms with Crippen molar-refractivity contribution in [3.05, 3.63) is 70.3 Å². The van der Waals surface area contributed by atoms with Crippen molar-refractivity contribution in [3.63, 3.8) is 0 Å². The molecule has 1 atom stereocenters. The van der Waals surface area contributed by atoms with E-state index in [4.69, 9.17) is 4.42 Å². The Morgan fingerprint density at radius 3 is 2.47 bits per heavy atom. The predicted octanol–water partition coefficient (Wildman–Crippen LogP) is 3.58. The zero-order valence-corrected chi connectivity index (χ0v) is 15.9. The molecule has 0 bridgehead atoms. The monoisotopic (exact) mass is 440 g/mol. The van der Waals surface area contributed by atoms with Gasteiger partial charge in [-0.25, -0.2) is 0 Å². The second kappa shape index (κ2) is 9.01. The first-order valence-corrected chi connectivity index (χ1v) is 9.28. The van der Waals surface area contributed by atoms with Crippen LogP contribution >= 0.6 is 11.3 Å². The minimum Gasteiger partial charge on any atom is -0.466 e. The fraction of sp³-hybridized carbons (Fsp3) is 0.158. The number of ether oxygens (including phenoxy) is 1. The first-order valence-electron chi connectivity index (χ1n) is 8.46. The molecule has 2 heterocycles. The molecule has 158 valence electrons. The third-order valence-electron chi connectivity index (χ3n) is 3.74. The highest BCUT2D eigenvalue weighted by Crippen LogP contribution is 2.28. The van der Waals surface area contributed by atoms with Crippen LogP contribution in [0.5, 0.6) is 5.75 Å². The molecule has 0 aliphatic rings. The minimum absolute atomic E-state index is 0.0557. The summed E-state index contributed by atoms with van der Waals surface area (Å²) in [4.78, 5) is 25.2. The lowest BCUT2D eigenvalue weighted by molar-refractivity contribution is -0.274. The van der Waals surface area contributed by atoms with Crippen LogP contribution in [-0.4, -0.2) is 23.3 Å². The highest BCUT2D eigenvalue weighted by atomic mass is 32.1. The van der Waals surface area contributed by atoms with Crippen molar-refractivity contribution < 1.29 is 37.0 Å². The second-order valence-corrected chi connectivity index (χ2v) is 7.13. The van der Waals surface area contributed by atoms with Crippen molar-refractivity contribution in [2.45, 2.75) is 19.0 Å². The van der Waals surface area contributed by atoms with E-state index in [1.807, 2.05) is 0 Å². The largest absolute Gasteiger partial charge is 0.573 e. The third-order valence-corrected chi connectivity index (χ3v) is 4.88. The van der Waals surface area contributed by atoms with Crippen LogP contribution in [0.25, 0.3) is 0 Å². The van der Waals surface area contributed by atoms with Gasteiger partial charge in [0.1, 0.15) is 17.6 Å². The summed E-state index contributed by atoms with van der Waals surface area (Å²) in [6.45, 7) is 0.0557. The number of thiophene rings is 1. The lowest BCUT2D eigenvalue weighted by Gasteiger charge is -2.10. The van der Waals surface area contributed by atoms with Gasteiger partial charge in [-0.1, -0.05) is 0 Å². The Kier molecular flexibility index (Phi) is 6.43. The number of amides is 2. The van der Waals surface area contributed by atoms with E-state index in [1.165, 1.54) is 29.7 Å². The maximum atomic E-state index is 12.1. The van der Waals surface area contributed by atoms with Crippen molar-refractivity contribution in [2.75, 3.05) is 5.32 Å². The van der Waals surface area contributed by atoms with Crippen LogP contribution in [0.4, 0.5) is 18.9 Å². The molecule has 0 aliphatic carbocycles. The van der Waals surface area contributed by atoms with Crippen LogP contribution in [0.1, 0.15) is 21.6 Å². The number of carbonyl (C=O) groups is 2. The summed E-state index contributed by atoms with van der Waals surface area (Å²) in [7, 11) is 0. The number of furan rings is 1. The summed E-state index contributed by atoms with van der Waals surface area (Å²) in [5.41, 5.74) is 0.129. The zero-order chi connectivity index (χ0) is 21.7. The molecule has 3 N–H and O–H groups in total. The number of benzene rings is 1. The van der Waals surface area contributed by atoms with Gasteiger partial charge in [0.15, 0.2) is 0 Å². The van der Waals surface area contributed by atoms with E-state index in [0.29, 0.717) is 15.5 Å². The van der Waals surface area contributed by atoms with Gasteiger partial charge in [-0.15, -0.1) is 24.5 Å². The van der Waals surface area contributed by atoms with Crippen molar-refractivity contribution in [1.29, 1.82) is 0 Å². The average molecular weight is 440 g/mol. The minimum atomic E-state index is -4.82. The number of alkyl halides is 3. The van der Waals surface area contributed by atoms with E-state index >= 15 is 0 Å². The highest BCUT2D eigenvalue weighted by Gasteiger charge is 2.31. The lowest BCUT2D eigenvalue weighted by atomic mass is 10.2. The third kappa shape index (κ3) is 5.84. The molecule has 0 unspecified atom stereocenters. The number of aliphatic hydroxyl groups is 1. The maximum Gasteiger partial charge on any atom is 0.573 e. The smallest absolute Gasteiger partial charge is 0.466 e. The molecule has 11 heteroatoms. The summed E-state index contributed by atoms with van der Waals surface area (Å²) in [6, 6.07) is 11.0. The van der Waals surface area contributed by atoms with Gasteiger partial charge in [0.2, 0.25) is 0 Å². The Labute approximate surface area is 172 Å². The number of hydrogen-bond acceptors (Lipinski definition) is 6. The number of anilines is 1. The number of nitrogens with one attached hydrogen (secondary N) is 2. The molecule has 2 aromatic heterocycles. The molecule has 2 amide bonds. The molecular weight excluding hydrogens is 425 g/mol. The molecular formula is C19H15F3N2O5S. The number of carbonyl (C=O) groups excluding carboxylic acids is 2. The Hall–Kier alpha value is -3.31. The SMILES string of the molecule is O=C(NCc1ccc([C@H](O)c2ccco2)s1)C(=O)Nc1ccc(OC(F)(F)F)cc1. The Morgan fingerprint density at radius 1 is 1.10 bits per heavy atom. The van der Waals surface area contributed by atoms with Crippen molar-refractivity contribution in [1.82, 2.24) is 5.32 Å².